The van der Waals surface area contributed by atoms with Crippen molar-refractivity contribution in [1.29, 1.82) is 5.26 Å². The molecular formula is C21H25N7O3S. The van der Waals surface area contributed by atoms with Gasteiger partial charge in [-0.2, -0.15) is 9.98 Å². The van der Waals surface area contributed by atoms with Crippen LogP contribution in [0, 0.1) is 18.3 Å². The summed E-state index contributed by atoms with van der Waals surface area (Å²) in [5.74, 6) is 0.740. The van der Waals surface area contributed by atoms with Crippen molar-refractivity contribution in [1.82, 2.24) is 24.6 Å². The number of sulfonamides is 1. The van der Waals surface area contributed by atoms with Crippen molar-refractivity contribution in [2.75, 3.05) is 18.0 Å². The molecular weight excluding hydrogens is 430 g/mol. The van der Waals surface area contributed by atoms with Crippen LogP contribution in [0.4, 0.5) is 5.69 Å². The maximum Gasteiger partial charge on any atom is 0.264 e. The van der Waals surface area contributed by atoms with Crippen LogP contribution in [-0.2, 0) is 10.0 Å². The lowest BCUT2D eigenvalue weighted by atomic mass is 10.1. The van der Waals surface area contributed by atoms with E-state index in [1.54, 1.807) is 23.6 Å². The molecule has 3 aromatic heterocycles. The Kier molecular flexibility index (Phi) is 4.77. The molecule has 3 aromatic rings. The van der Waals surface area contributed by atoms with E-state index in [4.69, 9.17) is 4.42 Å². The fourth-order valence-electron chi connectivity index (χ4n) is 4.35. The second-order valence-electron chi connectivity index (χ2n) is 8.83. The highest BCUT2D eigenvalue weighted by Crippen LogP contribution is 2.37. The normalized spacial score (nSPS) is 22.8. The molecule has 1 aliphatic heterocycles. The molecule has 1 saturated carbocycles. The summed E-state index contributed by atoms with van der Waals surface area (Å²) in [6, 6.07) is 8.06. The van der Waals surface area contributed by atoms with E-state index in [1.165, 1.54) is 0 Å². The van der Waals surface area contributed by atoms with Crippen LogP contribution in [0.1, 0.15) is 32.6 Å². The van der Waals surface area contributed by atoms with Gasteiger partial charge in [0.15, 0.2) is 0 Å². The van der Waals surface area contributed by atoms with E-state index in [9.17, 15) is 13.7 Å². The van der Waals surface area contributed by atoms with Gasteiger partial charge in [-0.1, -0.05) is 0 Å². The van der Waals surface area contributed by atoms with E-state index in [-0.39, 0.29) is 17.0 Å². The molecule has 2 aliphatic rings. The fraction of sp³-hybridized carbons (Fsp3) is 0.476. The molecule has 11 heteroatoms. The molecule has 2 fully saturated rings. The largest absolute Gasteiger partial charge is 0.420 e. The number of anilines is 1. The number of rotatable bonds is 5. The van der Waals surface area contributed by atoms with Crippen LogP contribution in [-0.4, -0.2) is 53.7 Å². The van der Waals surface area contributed by atoms with Crippen molar-refractivity contribution in [2.24, 2.45) is 0 Å². The highest BCUT2D eigenvalue weighted by molar-refractivity contribution is 7.89. The Hall–Kier alpha value is -2.94. The van der Waals surface area contributed by atoms with Gasteiger partial charge in [0.2, 0.25) is 15.9 Å². The van der Waals surface area contributed by atoms with Crippen molar-refractivity contribution in [3.8, 4) is 17.7 Å². The summed E-state index contributed by atoms with van der Waals surface area (Å²) >= 11 is 0. The van der Waals surface area contributed by atoms with Gasteiger partial charge in [0.05, 0.1) is 17.3 Å². The molecule has 0 aromatic carbocycles. The molecule has 1 saturated heterocycles. The highest BCUT2D eigenvalue weighted by Gasteiger charge is 2.47. The van der Waals surface area contributed by atoms with Gasteiger partial charge in [-0.05, 0) is 44.9 Å². The van der Waals surface area contributed by atoms with Crippen LogP contribution in [0.2, 0.25) is 0 Å². The van der Waals surface area contributed by atoms with E-state index in [2.05, 4.69) is 45.1 Å². The zero-order valence-corrected chi connectivity index (χ0v) is 19.0. The quantitative estimate of drug-likeness (QED) is 0.596. The van der Waals surface area contributed by atoms with Gasteiger partial charge < -0.3 is 19.0 Å². The summed E-state index contributed by atoms with van der Waals surface area (Å²) in [6.07, 6.45) is 2.58. The Morgan fingerprint density at radius 2 is 1.97 bits per heavy atom. The second-order valence-corrected chi connectivity index (χ2v) is 10.5. The smallest absolute Gasteiger partial charge is 0.264 e. The molecule has 4 heterocycles. The first-order valence-corrected chi connectivity index (χ1v) is 12.1. The topological polar surface area (TPSA) is 129 Å². The number of aryl methyl sites for hydroxylation is 1. The number of nitriles is 1. The van der Waals surface area contributed by atoms with Crippen molar-refractivity contribution < 1.29 is 12.8 Å². The van der Waals surface area contributed by atoms with Gasteiger partial charge in [-0.15, -0.1) is 10.2 Å². The van der Waals surface area contributed by atoms with Gasteiger partial charge in [-0.25, -0.2) is 8.42 Å². The molecule has 168 valence electrons. The van der Waals surface area contributed by atoms with E-state index in [1.807, 2.05) is 12.1 Å². The van der Waals surface area contributed by atoms with Gasteiger partial charge in [0, 0.05) is 38.3 Å². The minimum atomic E-state index is -3.92. The summed E-state index contributed by atoms with van der Waals surface area (Å²) < 4.78 is 36.5. The molecule has 0 unspecified atom stereocenters. The Balaban J connectivity index is 1.68. The summed E-state index contributed by atoms with van der Waals surface area (Å²) in [5, 5.41) is 20.9. The predicted octanol–water partition coefficient (Wildman–Crippen LogP) is 1.82. The highest BCUT2D eigenvalue weighted by atomic mass is 32.2. The molecule has 0 bridgehead atoms. The van der Waals surface area contributed by atoms with Crippen LogP contribution in [0.15, 0.2) is 33.7 Å². The summed E-state index contributed by atoms with van der Waals surface area (Å²) in [7, 11) is -3.92. The number of nitrogens with zero attached hydrogens (tertiary/aromatic N) is 5. The van der Waals surface area contributed by atoms with Crippen LogP contribution in [0.3, 0.4) is 0 Å². The number of hydrogen-bond donors (Lipinski definition) is 2. The lowest BCUT2D eigenvalue weighted by Gasteiger charge is -2.38. The van der Waals surface area contributed by atoms with Crippen LogP contribution in [0.25, 0.3) is 17.1 Å². The summed E-state index contributed by atoms with van der Waals surface area (Å²) in [5.41, 5.74) is 1.25. The molecule has 0 radical (unpaired) electrons. The first-order valence-electron chi connectivity index (χ1n) is 10.6. The minimum absolute atomic E-state index is 0.0917. The van der Waals surface area contributed by atoms with Crippen LogP contribution in [0.5, 0.6) is 0 Å². The average Bonchev–Trinajstić information content (AvgIpc) is 3.15. The van der Waals surface area contributed by atoms with Crippen molar-refractivity contribution >= 4 is 21.2 Å². The Morgan fingerprint density at radius 1 is 1.25 bits per heavy atom. The van der Waals surface area contributed by atoms with E-state index >= 15 is 0 Å². The van der Waals surface area contributed by atoms with Gasteiger partial charge in [0.1, 0.15) is 16.1 Å². The number of nitrogens with one attached hydrogen (secondary N) is 2. The molecule has 1 aliphatic carbocycles. The van der Waals surface area contributed by atoms with E-state index < -0.39 is 15.6 Å². The molecule has 0 spiro atoms. The second kappa shape index (κ2) is 7.30. The molecule has 5 rings (SSSR count). The third-order valence-electron chi connectivity index (χ3n) is 5.96. The lowest BCUT2D eigenvalue weighted by Crippen LogP contribution is -2.54. The minimum Gasteiger partial charge on any atom is -0.420 e. The standard InChI is InChI=1S/C21H25N7O3S/c1-13-9-27(10-14(2)23-13)19-8-16(32(29,30)26-21(12-22)6-7-21)11-28-17(19)4-5-18(28)20-25-24-15(3)31-20/h4-5,8,11,13-14,23,26H,6-7,9-10H2,1-3H3/t13-,14-/m0/s1. The number of hydrogen-bond acceptors (Lipinski definition) is 8. The summed E-state index contributed by atoms with van der Waals surface area (Å²) in [4.78, 5) is 2.29. The maximum absolute atomic E-state index is 13.3. The lowest BCUT2D eigenvalue weighted by molar-refractivity contribution is 0.407. The Morgan fingerprint density at radius 3 is 2.56 bits per heavy atom. The zero-order valence-electron chi connectivity index (χ0n) is 18.2. The SMILES string of the molecule is Cc1nnc(-c2ccc3c(N4C[C@H](C)N[C@@H](C)C4)cc(S(=O)(=O)NC4(C#N)CC4)cn23)o1. The number of aromatic nitrogens is 3. The number of piperazine rings is 1. The first kappa shape index (κ1) is 20.9. The zero-order chi connectivity index (χ0) is 22.7. The predicted molar refractivity (Wildman–Crippen MR) is 118 cm³/mol. The van der Waals surface area contributed by atoms with Gasteiger partial charge in [-0.3, -0.25) is 0 Å². The molecule has 10 nitrogen and oxygen atoms in total. The third kappa shape index (κ3) is 3.64. The molecule has 32 heavy (non-hydrogen) atoms. The fourth-order valence-corrected chi connectivity index (χ4v) is 5.74. The monoisotopic (exact) mass is 455 g/mol. The van der Waals surface area contributed by atoms with Crippen LogP contribution >= 0.6 is 0 Å². The van der Waals surface area contributed by atoms with E-state index in [0.717, 1.165) is 24.3 Å². The Bertz CT molecular complexity index is 1320. The Labute approximate surface area is 186 Å². The van der Waals surface area contributed by atoms with E-state index in [0.29, 0.717) is 30.3 Å². The average molecular weight is 456 g/mol. The van der Waals surface area contributed by atoms with Crippen molar-refractivity contribution in [3.63, 3.8) is 0 Å². The number of fused-ring (bicyclic) bond motifs is 1. The van der Waals surface area contributed by atoms with Gasteiger partial charge >= 0.3 is 0 Å². The molecule has 2 N–H and O–H groups in total. The number of pyridine rings is 1. The van der Waals surface area contributed by atoms with Crippen LogP contribution < -0.4 is 14.9 Å². The van der Waals surface area contributed by atoms with Gasteiger partial charge in [0.25, 0.3) is 5.89 Å². The van der Waals surface area contributed by atoms with Crippen molar-refractivity contribution in [2.45, 2.75) is 56.1 Å². The molecule has 0 amide bonds. The summed E-state index contributed by atoms with van der Waals surface area (Å²) in [6.45, 7) is 7.39. The third-order valence-corrected chi connectivity index (χ3v) is 7.47. The first-order chi connectivity index (χ1) is 15.2. The van der Waals surface area contributed by atoms with Crippen molar-refractivity contribution in [3.05, 3.63) is 30.3 Å². The maximum atomic E-state index is 13.3. The molecule has 2 atom stereocenters.